The number of ether oxygens (including phenoxy) is 1. The lowest BCUT2D eigenvalue weighted by molar-refractivity contribution is 0.306. The van der Waals surface area contributed by atoms with Crippen LogP contribution in [-0.4, -0.2) is 11.2 Å². The lowest BCUT2D eigenvalue weighted by atomic mass is 10.00. The van der Waals surface area contributed by atoms with Crippen LogP contribution in [0.4, 0.5) is 5.82 Å². The number of hydrogen-bond donors (Lipinski definition) is 1. The number of aliphatic imine (C=N–C) groups is 1. The molecule has 0 unspecified atom stereocenters. The van der Waals surface area contributed by atoms with Gasteiger partial charge in [-0.1, -0.05) is 42.5 Å². The highest BCUT2D eigenvalue weighted by atomic mass is 16.5. The molecule has 0 saturated carbocycles. The smallest absolute Gasteiger partial charge is 0.133 e. The molecule has 1 aliphatic heterocycles. The van der Waals surface area contributed by atoms with E-state index in [0.29, 0.717) is 6.61 Å². The van der Waals surface area contributed by atoms with Gasteiger partial charge in [0.15, 0.2) is 0 Å². The number of aromatic nitrogens is 1. The van der Waals surface area contributed by atoms with E-state index in [1.807, 2.05) is 42.7 Å². The number of rotatable bonds is 4. The Bertz CT molecular complexity index is 817. The van der Waals surface area contributed by atoms with Crippen LogP contribution >= 0.6 is 0 Å². The summed E-state index contributed by atoms with van der Waals surface area (Å²) in [6, 6.07) is 18.5. The number of benzene rings is 2. The van der Waals surface area contributed by atoms with E-state index >= 15 is 0 Å². The van der Waals surface area contributed by atoms with E-state index in [9.17, 15) is 0 Å². The van der Waals surface area contributed by atoms with Gasteiger partial charge in [-0.15, -0.1) is 0 Å². The summed E-state index contributed by atoms with van der Waals surface area (Å²) in [4.78, 5) is 7.67. The lowest BCUT2D eigenvalue weighted by Gasteiger charge is -2.09. The lowest BCUT2D eigenvalue weighted by Crippen LogP contribution is -1.95. The third-order valence-electron chi connectivity index (χ3n) is 4.12. The topological polar surface area (TPSA) is 37.4 Å². The molecule has 114 valence electrons. The third-order valence-corrected chi connectivity index (χ3v) is 4.12. The molecule has 0 aliphatic carbocycles. The quantitative estimate of drug-likeness (QED) is 0.730. The second kappa shape index (κ2) is 6.13. The molecule has 0 fully saturated rings. The van der Waals surface area contributed by atoms with Crippen LogP contribution in [0.5, 0.6) is 5.75 Å². The zero-order chi connectivity index (χ0) is 15.5. The highest BCUT2D eigenvalue weighted by Gasteiger charge is 2.14. The van der Waals surface area contributed by atoms with E-state index in [2.05, 4.69) is 34.2 Å². The van der Waals surface area contributed by atoms with Crippen LogP contribution < -0.4 is 4.74 Å². The van der Waals surface area contributed by atoms with Crippen molar-refractivity contribution in [3.63, 3.8) is 0 Å². The van der Waals surface area contributed by atoms with Crippen LogP contribution in [0, 0.1) is 0 Å². The molecule has 1 N–H and O–H groups in total. The molecule has 1 aliphatic rings. The fraction of sp³-hybridized carbons (Fsp3) is 0.150. The summed E-state index contributed by atoms with van der Waals surface area (Å²) in [6.45, 7) is 0.592. The maximum absolute atomic E-state index is 5.85. The Morgan fingerprint density at radius 1 is 1.00 bits per heavy atom. The molecule has 2 heterocycles. The first-order chi connectivity index (χ1) is 11.4. The van der Waals surface area contributed by atoms with Gasteiger partial charge in [-0.3, -0.25) is 0 Å². The first-order valence-corrected chi connectivity index (χ1v) is 7.90. The molecule has 0 amide bonds. The summed E-state index contributed by atoms with van der Waals surface area (Å²) in [6.07, 6.45) is 6.08. The van der Waals surface area contributed by atoms with Crippen molar-refractivity contribution in [2.45, 2.75) is 19.4 Å². The van der Waals surface area contributed by atoms with Crippen LogP contribution in [0.2, 0.25) is 0 Å². The first kappa shape index (κ1) is 13.8. The maximum Gasteiger partial charge on any atom is 0.133 e. The molecule has 1 aromatic heterocycles. The van der Waals surface area contributed by atoms with E-state index in [4.69, 9.17) is 4.74 Å². The van der Waals surface area contributed by atoms with Crippen LogP contribution in [0.25, 0.3) is 11.1 Å². The van der Waals surface area contributed by atoms with Gasteiger partial charge >= 0.3 is 0 Å². The van der Waals surface area contributed by atoms with Crippen molar-refractivity contribution in [2.24, 2.45) is 4.99 Å². The Morgan fingerprint density at radius 3 is 2.65 bits per heavy atom. The second-order valence-electron chi connectivity index (χ2n) is 5.68. The predicted molar refractivity (Wildman–Crippen MR) is 93.5 cm³/mol. The summed E-state index contributed by atoms with van der Waals surface area (Å²) >= 11 is 0. The van der Waals surface area contributed by atoms with Crippen LogP contribution in [-0.2, 0) is 13.0 Å². The molecule has 4 rings (SSSR count). The van der Waals surface area contributed by atoms with Crippen LogP contribution in [0.15, 0.2) is 65.8 Å². The van der Waals surface area contributed by atoms with E-state index in [-0.39, 0.29) is 0 Å². The minimum Gasteiger partial charge on any atom is -0.489 e. The van der Waals surface area contributed by atoms with Crippen molar-refractivity contribution < 1.29 is 4.74 Å². The molecule has 0 radical (unpaired) electrons. The molecule has 23 heavy (non-hydrogen) atoms. The van der Waals surface area contributed by atoms with Gasteiger partial charge in [0.2, 0.25) is 0 Å². The van der Waals surface area contributed by atoms with Gasteiger partial charge in [0.1, 0.15) is 18.2 Å². The molecule has 0 saturated heterocycles. The minimum absolute atomic E-state index is 0.592. The molecule has 0 spiro atoms. The van der Waals surface area contributed by atoms with Gasteiger partial charge < -0.3 is 9.72 Å². The van der Waals surface area contributed by atoms with Crippen molar-refractivity contribution in [1.29, 1.82) is 0 Å². The largest absolute Gasteiger partial charge is 0.489 e. The molecule has 0 atom stereocenters. The van der Waals surface area contributed by atoms with Gasteiger partial charge in [-0.2, -0.15) is 0 Å². The number of fused-ring (bicyclic) bond motifs is 1. The number of aromatic amines is 1. The number of nitrogens with zero attached hydrogens (tertiary/aromatic N) is 1. The van der Waals surface area contributed by atoms with Crippen molar-refractivity contribution in [2.75, 3.05) is 0 Å². The average molecular weight is 302 g/mol. The Morgan fingerprint density at radius 2 is 1.83 bits per heavy atom. The van der Waals surface area contributed by atoms with E-state index < -0.39 is 0 Å². The summed E-state index contributed by atoms with van der Waals surface area (Å²) < 4.78 is 5.85. The molecule has 0 bridgehead atoms. The highest BCUT2D eigenvalue weighted by molar-refractivity contribution is 5.77. The molecule has 3 aromatic rings. The molecule has 2 aromatic carbocycles. The van der Waals surface area contributed by atoms with Gasteiger partial charge in [0.25, 0.3) is 0 Å². The van der Waals surface area contributed by atoms with Crippen LogP contribution in [0.1, 0.15) is 17.5 Å². The zero-order valence-electron chi connectivity index (χ0n) is 12.8. The van der Waals surface area contributed by atoms with Crippen molar-refractivity contribution in [3.05, 3.63) is 71.9 Å². The first-order valence-electron chi connectivity index (χ1n) is 7.90. The SMILES string of the molecule is C1=Nc2[nH]cc(-c3ccc(OCc4ccccc4)cc3)c2CC1. The van der Waals surface area contributed by atoms with Crippen molar-refractivity contribution >= 4 is 12.0 Å². The summed E-state index contributed by atoms with van der Waals surface area (Å²) in [5.41, 5.74) is 4.93. The number of H-pyrrole nitrogens is 1. The Kier molecular flexibility index (Phi) is 3.68. The Balaban J connectivity index is 1.50. The monoisotopic (exact) mass is 302 g/mol. The van der Waals surface area contributed by atoms with E-state index in [0.717, 1.165) is 24.4 Å². The highest BCUT2D eigenvalue weighted by Crippen LogP contribution is 2.34. The van der Waals surface area contributed by atoms with Gasteiger partial charge in [-0.05, 0) is 36.1 Å². The zero-order valence-corrected chi connectivity index (χ0v) is 12.8. The minimum atomic E-state index is 0.592. The molecule has 3 heteroatoms. The predicted octanol–water partition coefficient (Wildman–Crippen LogP) is 4.91. The van der Waals surface area contributed by atoms with Crippen molar-refractivity contribution in [1.82, 2.24) is 4.98 Å². The fourth-order valence-corrected chi connectivity index (χ4v) is 2.90. The average Bonchev–Trinajstić information content (AvgIpc) is 3.05. The molecule has 3 nitrogen and oxygen atoms in total. The second-order valence-corrected chi connectivity index (χ2v) is 5.68. The van der Waals surface area contributed by atoms with E-state index in [1.54, 1.807) is 0 Å². The fourth-order valence-electron chi connectivity index (χ4n) is 2.90. The maximum atomic E-state index is 5.85. The number of hydrogen-bond acceptors (Lipinski definition) is 2. The Hall–Kier alpha value is -2.81. The number of nitrogens with one attached hydrogen (secondary N) is 1. The van der Waals surface area contributed by atoms with Gasteiger partial charge in [-0.25, -0.2) is 4.99 Å². The summed E-state index contributed by atoms with van der Waals surface area (Å²) in [5, 5.41) is 0. The van der Waals surface area contributed by atoms with E-state index in [1.165, 1.54) is 22.3 Å². The standard InChI is InChI=1S/C20H18N2O/c1-2-5-15(6-3-1)14-23-17-10-8-16(9-11-17)19-13-22-20-18(19)7-4-12-21-20/h1-3,5-6,8-13,22H,4,7,14H2. The normalized spacial score (nSPS) is 12.9. The van der Waals surface area contributed by atoms with Gasteiger partial charge in [0, 0.05) is 23.5 Å². The van der Waals surface area contributed by atoms with Gasteiger partial charge in [0.05, 0.1) is 0 Å². The molecular formula is C20H18N2O. The third kappa shape index (κ3) is 2.90. The van der Waals surface area contributed by atoms with Crippen molar-refractivity contribution in [3.8, 4) is 16.9 Å². The molecular weight excluding hydrogens is 284 g/mol. The summed E-state index contributed by atoms with van der Waals surface area (Å²) in [7, 11) is 0. The van der Waals surface area contributed by atoms with Crippen LogP contribution in [0.3, 0.4) is 0 Å². The summed E-state index contributed by atoms with van der Waals surface area (Å²) in [5.74, 6) is 1.88. The Labute approximate surface area is 135 Å².